The van der Waals surface area contributed by atoms with Gasteiger partial charge in [0.05, 0.1) is 24.7 Å². The van der Waals surface area contributed by atoms with Gasteiger partial charge in [-0.15, -0.1) is 0 Å². The van der Waals surface area contributed by atoms with Crippen molar-refractivity contribution < 1.29 is 18.0 Å². The summed E-state index contributed by atoms with van der Waals surface area (Å²) in [6, 6.07) is 4.42. The van der Waals surface area contributed by atoms with Crippen LogP contribution in [0.4, 0.5) is 18.3 Å². The number of hydrogen-bond acceptors (Lipinski definition) is 6. The molecule has 0 saturated carbocycles. The number of halogens is 3. The van der Waals surface area contributed by atoms with Crippen molar-refractivity contribution in [2.75, 3.05) is 18.0 Å². The van der Waals surface area contributed by atoms with Gasteiger partial charge in [0.1, 0.15) is 28.8 Å². The molecule has 0 aliphatic carbocycles. The summed E-state index contributed by atoms with van der Waals surface area (Å²) in [4.78, 5) is 19.2. The summed E-state index contributed by atoms with van der Waals surface area (Å²) in [5.41, 5.74) is 0.285. The van der Waals surface area contributed by atoms with Crippen molar-refractivity contribution in [2.45, 2.75) is 25.1 Å². The molecule has 2 aromatic rings. The van der Waals surface area contributed by atoms with Crippen LogP contribution in [0.15, 0.2) is 29.5 Å². The summed E-state index contributed by atoms with van der Waals surface area (Å²) in [7, 11) is 0. The number of amides is 1. The van der Waals surface area contributed by atoms with Gasteiger partial charge in [-0.05, 0) is 24.1 Å². The molecule has 2 aliphatic heterocycles. The molecule has 0 radical (unpaired) electrons. The van der Waals surface area contributed by atoms with Crippen molar-refractivity contribution in [3.8, 4) is 6.07 Å². The van der Waals surface area contributed by atoms with Gasteiger partial charge < -0.3 is 4.90 Å². The molecule has 1 aromatic heterocycles. The van der Waals surface area contributed by atoms with Crippen LogP contribution < -0.4 is 4.90 Å². The maximum Gasteiger partial charge on any atom is 0.249 e. The van der Waals surface area contributed by atoms with E-state index >= 15 is 0 Å². The molecule has 1 saturated heterocycles. The molecule has 1 fully saturated rings. The molecule has 150 valence electrons. The van der Waals surface area contributed by atoms with Crippen LogP contribution in [-0.2, 0) is 4.79 Å². The molecule has 0 unspecified atom stereocenters. The van der Waals surface area contributed by atoms with E-state index < -0.39 is 35.7 Å². The Labute approximate surface area is 168 Å². The van der Waals surface area contributed by atoms with Crippen molar-refractivity contribution in [2.24, 2.45) is 11.0 Å². The molecular weight excluding hydrogens is 403 g/mol. The number of carbonyl (C=O) groups is 1. The first-order valence-corrected chi connectivity index (χ1v) is 9.84. The molecule has 0 N–H and O–H groups in total. The Morgan fingerprint density at radius 1 is 1.28 bits per heavy atom. The van der Waals surface area contributed by atoms with Gasteiger partial charge >= 0.3 is 0 Å². The first-order valence-electron chi connectivity index (χ1n) is 9.02. The predicted octanol–water partition coefficient (Wildman–Crippen LogP) is 3.42. The van der Waals surface area contributed by atoms with Crippen molar-refractivity contribution >= 4 is 28.6 Å². The van der Waals surface area contributed by atoms with Crippen molar-refractivity contribution in [3.63, 3.8) is 0 Å². The van der Waals surface area contributed by atoms with E-state index in [0.29, 0.717) is 23.0 Å². The van der Waals surface area contributed by atoms with E-state index in [9.17, 15) is 18.0 Å². The molecule has 29 heavy (non-hydrogen) atoms. The smallest absolute Gasteiger partial charge is 0.249 e. The lowest BCUT2D eigenvalue weighted by Gasteiger charge is -2.35. The van der Waals surface area contributed by atoms with Crippen LogP contribution in [0.3, 0.4) is 0 Å². The summed E-state index contributed by atoms with van der Waals surface area (Å²) in [5.74, 6) is -2.89. The topological polar surface area (TPSA) is 72.6 Å². The number of piperidine rings is 1. The van der Waals surface area contributed by atoms with Gasteiger partial charge in [-0.25, -0.2) is 23.2 Å². The number of hydrogen-bond donors (Lipinski definition) is 0. The lowest BCUT2D eigenvalue weighted by molar-refractivity contribution is -0.140. The summed E-state index contributed by atoms with van der Waals surface area (Å²) in [6.07, 6.45) is 2.03. The maximum absolute atomic E-state index is 14.9. The van der Waals surface area contributed by atoms with Crippen LogP contribution in [0.1, 0.15) is 29.3 Å². The molecule has 3 atom stereocenters. The Balaban J connectivity index is 1.47. The van der Waals surface area contributed by atoms with Gasteiger partial charge in [-0.2, -0.15) is 10.4 Å². The van der Waals surface area contributed by atoms with E-state index in [0.717, 1.165) is 23.2 Å². The number of nitrogens with zero attached hydrogens (tertiary/aromatic N) is 5. The molecule has 0 spiro atoms. The summed E-state index contributed by atoms with van der Waals surface area (Å²) in [5, 5.41) is 14.6. The van der Waals surface area contributed by atoms with Crippen molar-refractivity contribution in [3.05, 3.63) is 46.5 Å². The standard InChI is InChI=1S/C19H16F3N5OS/c20-12-5-11(6-13(21)7-12)17-1-3-25-27(17)18(28)15-2-4-26(10-16(15)22)19-24-9-14(8-23)29-19/h3,5-7,9,15-17H,1-2,4,10H2/t15-,16+,17+/m1/s1. The van der Waals surface area contributed by atoms with Gasteiger partial charge in [-0.1, -0.05) is 11.3 Å². The van der Waals surface area contributed by atoms with E-state index in [1.54, 1.807) is 4.90 Å². The Morgan fingerprint density at radius 2 is 2.03 bits per heavy atom. The fourth-order valence-corrected chi connectivity index (χ4v) is 4.41. The highest BCUT2D eigenvalue weighted by Crippen LogP contribution is 2.34. The van der Waals surface area contributed by atoms with Crippen LogP contribution in [0.25, 0.3) is 0 Å². The summed E-state index contributed by atoms with van der Waals surface area (Å²) < 4.78 is 42.1. The lowest BCUT2D eigenvalue weighted by Crippen LogP contribution is -2.48. The second-order valence-electron chi connectivity index (χ2n) is 6.91. The highest BCUT2D eigenvalue weighted by atomic mass is 32.1. The second-order valence-corrected chi connectivity index (χ2v) is 7.92. The van der Waals surface area contributed by atoms with Crippen LogP contribution >= 0.6 is 11.3 Å². The molecular formula is C19H16F3N5OS. The van der Waals surface area contributed by atoms with E-state index in [2.05, 4.69) is 10.1 Å². The van der Waals surface area contributed by atoms with Crippen LogP contribution in [0.2, 0.25) is 0 Å². The fourth-order valence-electron chi connectivity index (χ4n) is 3.66. The van der Waals surface area contributed by atoms with Gasteiger partial charge in [0.25, 0.3) is 0 Å². The Hall–Kier alpha value is -2.93. The van der Waals surface area contributed by atoms with Crippen LogP contribution in [0, 0.1) is 28.9 Å². The number of aromatic nitrogens is 1. The molecule has 6 nitrogen and oxygen atoms in total. The third-order valence-electron chi connectivity index (χ3n) is 5.06. The number of thiazole rings is 1. The third-order valence-corrected chi connectivity index (χ3v) is 6.02. The molecule has 1 aromatic carbocycles. The number of alkyl halides is 1. The minimum atomic E-state index is -1.45. The number of rotatable bonds is 3. The number of hydrazone groups is 1. The van der Waals surface area contributed by atoms with E-state index in [-0.39, 0.29) is 18.5 Å². The SMILES string of the molecule is N#Cc1cnc(N2CC[C@@H](C(=O)N3N=CC[C@H]3c3cc(F)cc(F)c3)[C@@H](F)C2)s1. The molecule has 2 aliphatic rings. The largest absolute Gasteiger partial charge is 0.345 e. The first kappa shape index (κ1) is 19.4. The molecule has 4 rings (SSSR count). The van der Waals surface area contributed by atoms with Gasteiger partial charge in [0.2, 0.25) is 5.91 Å². The van der Waals surface area contributed by atoms with Gasteiger partial charge in [0, 0.05) is 25.2 Å². The van der Waals surface area contributed by atoms with Crippen LogP contribution in [0.5, 0.6) is 0 Å². The Bertz CT molecular complexity index is 984. The number of anilines is 1. The van der Waals surface area contributed by atoms with Crippen molar-refractivity contribution in [1.29, 1.82) is 5.26 Å². The zero-order valence-electron chi connectivity index (χ0n) is 15.1. The summed E-state index contributed by atoms with van der Waals surface area (Å²) >= 11 is 1.17. The average Bonchev–Trinajstić information content (AvgIpc) is 3.36. The average molecular weight is 419 g/mol. The van der Waals surface area contributed by atoms with Crippen molar-refractivity contribution in [1.82, 2.24) is 9.99 Å². The highest BCUT2D eigenvalue weighted by molar-refractivity contribution is 7.16. The monoisotopic (exact) mass is 419 g/mol. The molecule has 10 heteroatoms. The predicted molar refractivity (Wildman–Crippen MR) is 101 cm³/mol. The van der Waals surface area contributed by atoms with Gasteiger partial charge in [-0.3, -0.25) is 4.79 Å². The Kier molecular flexibility index (Phi) is 5.24. The minimum absolute atomic E-state index is 0.0222. The molecule has 0 bridgehead atoms. The maximum atomic E-state index is 14.9. The van der Waals surface area contributed by atoms with E-state index in [4.69, 9.17) is 5.26 Å². The second kappa shape index (κ2) is 7.83. The number of benzene rings is 1. The Morgan fingerprint density at radius 3 is 2.69 bits per heavy atom. The summed E-state index contributed by atoms with van der Waals surface area (Å²) in [6.45, 7) is 0.387. The quantitative estimate of drug-likeness (QED) is 0.764. The lowest BCUT2D eigenvalue weighted by atomic mass is 9.93. The van der Waals surface area contributed by atoms with Gasteiger partial charge in [0.15, 0.2) is 5.13 Å². The van der Waals surface area contributed by atoms with Crippen LogP contribution in [-0.4, -0.2) is 41.4 Å². The third kappa shape index (κ3) is 3.82. The van der Waals surface area contributed by atoms with E-state index in [1.165, 1.54) is 23.7 Å². The number of carbonyl (C=O) groups excluding carboxylic acids is 1. The number of nitriles is 1. The van der Waals surface area contributed by atoms with E-state index in [1.807, 2.05) is 6.07 Å². The first-order chi connectivity index (χ1) is 14.0. The fraction of sp³-hybridized carbons (Fsp3) is 0.368. The highest BCUT2D eigenvalue weighted by Gasteiger charge is 2.40. The minimum Gasteiger partial charge on any atom is -0.345 e. The molecule has 1 amide bonds. The zero-order chi connectivity index (χ0) is 20.5. The zero-order valence-corrected chi connectivity index (χ0v) is 16.0. The molecule has 3 heterocycles. The normalized spacial score (nSPS) is 24.0.